The molecule has 3 nitrogen and oxygen atoms in total. The Morgan fingerprint density at radius 1 is 1.09 bits per heavy atom. The van der Waals surface area contributed by atoms with Crippen LogP contribution in [0.15, 0.2) is 42.5 Å². The van der Waals surface area contributed by atoms with E-state index in [-0.39, 0.29) is 0 Å². The van der Waals surface area contributed by atoms with Crippen LogP contribution in [-0.4, -0.2) is 15.6 Å². The second-order valence-corrected chi connectivity index (χ2v) is 6.60. The van der Waals surface area contributed by atoms with Crippen LogP contribution in [0.1, 0.15) is 38.3 Å². The molecular formula is C19H19NO2. The maximum absolute atomic E-state index is 11.6. The Morgan fingerprint density at radius 2 is 1.77 bits per heavy atom. The lowest BCUT2D eigenvalue weighted by Gasteiger charge is -2.13. The largest absolute Gasteiger partial charge is 0.481 e. The zero-order chi connectivity index (χ0) is 15.5. The SMILES string of the molecule is CC(C)n1c2ccccc2c2cc(C3(C(=O)O)CC3)ccc21. The van der Waals surface area contributed by atoms with Gasteiger partial charge in [0.15, 0.2) is 0 Å². The number of carboxylic acid groups (broad SMARTS) is 1. The maximum atomic E-state index is 11.6. The highest BCUT2D eigenvalue weighted by atomic mass is 16.4. The van der Waals surface area contributed by atoms with Crippen LogP contribution in [0.25, 0.3) is 21.8 Å². The monoisotopic (exact) mass is 293 g/mol. The highest BCUT2D eigenvalue weighted by Crippen LogP contribution is 2.49. The molecule has 1 saturated carbocycles. The third-order valence-corrected chi connectivity index (χ3v) is 4.94. The Balaban J connectivity index is 2.05. The molecule has 0 radical (unpaired) electrons. The van der Waals surface area contributed by atoms with Gasteiger partial charge in [0.2, 0.25) is 0 Å². The van der Waals surface area contributed by atoms with E-state index in [2.05, 4.69) is 48.7 Å². The molecule has 0 amide bonds. The smallest absolute Gasteiger partial charge is 0.314 e. The van der Waals surface area contributed by atoms with Crippen LogP contribution in [0.5, 0.6) is 0 Å². The highest BCUT2D eigenvalue weighted by Gasteiger charge is 2.51. The summed E-state index contributed by atoms with van der Waals surface area (Å²) in [5.41, 5.74) is 2.69. The molecule has 3 heteroatoms. The van der Waals surface area contributed by atoms with Gasteiger partial charge in [-0.3, -0.25) is 4.79 Å². The van der Waals surface area contributed by atoms with Gasteiger partial charge in [-0.2, -0.15) is 0 Å². The predicted octanol–water partition coefficient (Wildman–Crippen LogP) is 4.49. The zero-order valence-corrected chi connectivity index (χ0v) is 12.8. The van der Waals surface area contributed by atoms with Gasteiger partial charge in [-0.15, -0.1) is 0 Å². The van der Waals surface area contributed by atoms with Crippen LogP contribution in [-0.2, 0) is 10.2 Å². The number of rotatable bonds is 3. The first-order valence-corrected chi connectivity index (χ1v) is 7.81. The molecule has 0 bridgehead atoms. The molecule has 1 fully saturated rings. The van der Waals surface area contributed by atoms with E-state index >= 15 is 0 Å². The van der Waals surface area contributed by atoms with Crippen molar-refractivity contribution in [2.75, 3.05) is 0 Å². The van der Waals surface area contributed by atoms with Gasteiger partial charge in [-0.05, 0) is 50.5 Å². The average molecular weight is 293 g/mol. The molecule has 112 valence electrons. The summed E-state index contributed by atoms with van der Waals surface area (Å²) in [5, 5.41) is 11.9. The molecule has 0 saturated heterocycles. The van der Waals surface area contributed by atoms with Gasteiger partial charge >= 0.3 is 5.97 Å². The molecule has 22 heavy (non-hydrogen) atoms. The van der Waals surface area contributed by atoms with E-state index in [9.17, 15) is 9.90 Å². The van der Waals surface area contributed by atoms with E-state index in [1.165, 1.54) is 16.4 Å². The Kier molecular flexibility index (Phi) is 2.65. The summed E-state index contributed by atoms with van der Waals surface area (Å²) in [7, 11) is 0. The molecule has 1 N–H and O–H groups in total. The molecule has 0 spiro atoms. The van der Waals surface area contributed by atoms with E-state index in [1.807, 2.05) is 12.1 Å². The van der Waals surface area contributed by atoms with E-state index in [1.54, 1.807) is 0 Å². The van der Waals surface area contributed by atoms with Gasteiger partial charge in [0, 0.05) is 27.8 Å². The van der Waals surface area contributed by atoms with Crippen LogP contribution in [0.4, 0.5) is 0 Å². The molecule has 4 rings (SSSR count). The molecule has 1 aliphatic rings. The third kappa shape index (κ3) is 1.65. The van der Waals surface area contributed by atoms with Crippen molar-refractivity contribution in [3.05, 3.63) is 48.0 Å². The van der Waals surface area contributed by atoms with Gasteiger partial charge in [0.05, 0.1) is 5.41 Å². The normalized spacial score (nSPS) is 16.5. The fourth-order valence-corrected chi connectivity index (χ4v) is 3.61. The Morgan fingerprint density at radius 3 is 2.41 bits per heavy atom. The lowest BCUT2D eigenvalue weighted by atomic mass is 9.94. The van der Waals surface area contributed by atoms with Crippen LogP contribution >= 0.6 is 0 Å². The van der Waals surface area contributed by atoms with Gasteiger partial charge in [-0.1, -0.05) is 24.3 Å². The average Bonchev–Trinajstić information content (AvgIpc) is 3.24. The molecule has 1 heterocycles. The summed E-state index contributed by atoms with van der Waals surface area (Å²) >= 11 is 0. The number of para-hydroxylation sites is 1. The van der Waals surface area contributed by atoms with Crippen LogP contribution in [0.2, 0.25) is 0 Å². The summed E-state index contributed by atoms with van der Waals surface area (Å²) in [5.74, 6) is -0.695. The number of benzene rings is 2. The minimum absolute atomic E-state index is 0.364. The number of hydrogen-bond acceptors (Lipinski definition) is 1. The summed E-state index contributed by atoms with van der Waals surface area (Å²) in [6.45, 7) is 4.36. The van der Waals surface area contributed by atoms with Crippen molar-refractivity contribution in [3.63, 3.8) is 0 Å². The fourth-order valence-electron chi connectivity index (χ4n) is 3.61. The number of carboxylic acids is 1. The molecule has 0 aliphatic heterocycles. The van der Waals surface area contributed by atoms with Crippen LogP contribution in [0, 0.1) is 0 Å². The zero-order valence-electron chi connectivity index (χ0n) is 12.8. The van der Waals surface area contributed by atoms with E-state index in [0.717, 1.165) is 23.8 Å². The van der Waals surface area contributed by atoms with Crippen molar-refractivity contribution in [2.24, 2.45) is 0 Å². The predicted molar refractivity (Wildman–Crippen MR) is 88.4 cm³/mol. The molecule has 3 aromatic rings. The second-order valence-electron chi connectivity index (χ2n) is 6.60. The summed E-state index contributed by atoms with van der Waals surface area (Å²) in [6.07, 6.45) is 1.49. The molecule has 0 atom stereocenters. The van der Waals surface area contributed by atoms with Gasteiger partial charge in [0.1, 0.15) is 0 Å². The molecule has 0 unspecified atom stereocenters. The lowest BCUT2D eigenvalue weighted by Crippen LogP contribution is -2.19. The maximum Gasteiger partial charge on any atom is 0.314 e. The minimum atomic E-state index is -0.695. The number of fused-ring (bicyclic) bond motifs is 3. The molecule has 2 aromatic carbocycles. The topological polar surface area (TPSA) is 42.2 Å². The highest BCUT2D eigenvalue weighted by molar-refractivity contribution is 6.08. The number of aromatic nitrogens is 1. The number of aliphatic carboxylic acids is 1. The van der Waals surface area contributed by atoms with Gasteiger partial charge in [-0.25, -0.2) is 0 Å². The van der Waals surface area contributed by atoms with E-state index in [4.69, 9.17) is 0 Å². The standard InChI is InChI=1S/C19H19NO2/c1-12(2)20-16-6-4-3-5-14(16)15-11-13(7-8-17(15)20)19(9-10-19)18(21)22/h3-8,11-12H,9-10H2,1-2H3,(H,21,22). The Bertz CT molecular complexity index is 900. The van der Waals surface area contributed by atoms with Crippen LogP contribution in [0.3, 0.4) is 0 Å². The van der Waals surface area contributed by atoms with Crippen molar-refractivity contribution in [2.45, 2.75) is 38.1 Å². The van der Waals surface area contributed by atoms with Crippen molar-refractivity contribution in [1.29, 1.82) is 0 Å². The number of nitrogens with zero attached hydrogens (tertiary/aromatic N) is 1. The Hall–Kier alpha value is -2.29. The first-order chi connectivity index (χ1) is 10.5. The van der Waals surface area contributed by atoms with Crippen molar-refractivity contribution >= 4 is 27.8 Å². The summed E-state index contributed by atoms with van der Waals surface area (Å²) in [4.78, 5) is 11.6. The summed E-state index contributed by atoms with van der Waals surface area (Å²) in [6, 6.07) is 14.9. The second kappa shape index (κ2) is 4.35. The molecular weight excluding hydrogens is 274 g/mol. The first-order valence-electron chi connectivity index (χ1n) is 7.81. The van der Waals surface area contributed by atoms with Gasteiger partial charge in [0.25, 0.3) is 0 Å². The van der Waals surface area contributed by atoms with Crippen molar-refractivity contribution in [1.82, 2.24) is 4.57 Å². The first kappa shape index (κ1) is 13.4. The molecule has 1 aromatic heterocycles. The summed E-state index contributed by atoms with van der Waals surface area (Å²) < 4.78 is 2.33. The fraction of sp³-hybridized carbons (Fsp3) is 0.316. The third-order valence-electron chi connectivity index (χ3n) is 4.94. The van der Waals surface area contributed by atoms with E-state index in [0.29, 0.717) is 6.04 Å². The molecule has 1 aliphatic carbocycles. The van der Waals surface area contributed by atoms with Crippen molar-refractivity contribution < 1.29 is 9.90 Å². The van der Waals surface area contributed by atoms with Gasteiger partial charge < -0.3 is 9.67 Å². The quantitative estimate of drug-likeness (QED) is 0.773. The van der Waals surface area contributed by atoms with E-state index < -0.39 is 11.4 Å². The number of hydrogen-bond donors (Lipinski definition) is 1. The van der Waals surface area contributed by atoms with Crippen LogP contribution < -0.4 is 0 Å². The Labute approximate surface area is 129 Å². The minimum Gasteiger partial charge on any atom is -0.481 e. The van der Waals surface area contributed by atoms with Crippen molar-refractivity contribution in [3.8, 4) is 0 Å². The number of carbonyl (C=O) groups is 1. The lowest BCUT2D eigenvalue weighted by molar-refractivity contribution is -0.140.